The summed E-state index contributed by atoms with van der Waals surface area (Å²) < 4.78 is 38.5. The molecule has 0 aliphatic heterocycles. The predicted octanol–water partition coefficient (Wildman–Crippen LogP) is 1.68. The molecule has 3 aromatic heterocycles. The van der Waals surface area contributed by atoms with Gasteiger partial charge in [-0.05, 0) is 30.0 Å². The number of halogens is 1. The first kappa shape index (κ1) is 21.0. The Kier molecular flexibility index (Phi) is 6.35. The van der Waals surface area contributed by atoms with Crippen LogP contribution in [0.3, 0.4) is 0 Å². The summed E-state index contributed by atoms with van der Waals surface area (Å²) in [5.41, 5.74) is 1.38. The van der Waals surface area contributed by atoms with Crippen molar-refractivity contribution in [2.45, 2.75) is 13.0 Å². The summed E-state index contributed by atoms with van der Waals surface area (Å²) in [7, 11) is -3.33. The molecule has 0 fully saturated rings. The Balaban J connectivity index is 1.77. The van der Waals surface area contributed by atoms with Gasteiger partial charge in [-0.25, -0.2) is 27.5 Å². The number of amides is 1. The molecule has 3 N–H and O–H groups in total. The van der Waals surface area contributed by atoms with Crippen molar-refractivity contribution in [1.29, 1.82) is 0 Å². The molecule has 0 spiro atoms. The first-order valence-electron chi connectivity index (χ1n) is 8.58. The minimum absolute atomic E-state index is 0.0674. The average molecular weight is 439 g/mol. The van der Waals surface area contributed by atoms with Crippen molar-refractivity contribution in [2.75, 3.05) is 24.7 Å². The standard InChI is InChI=1S/C17H19FN6O3S2/c1-10(11-7-12(18)9-19-8-11)22-17-23-13-3-6-28-15(13)14(24-17)16(25)20-4-5-21-29(2,26)27/h3,6-10,21H,4-5H2,1-2H3,(H,20,25)(H,22,23,24). The molecule has 29 heavy (non-hydrogen) atoms. The predicted molar refractivity (Wildman–Crippen MR) is 109 cm³/mol. The zero-order valence-corrected chi connectivity index (χ0v) is 17.3. The topological polar surface area (TPSA) is 126 Å². The molecule has 0 radical (unpaired) electrons. The molecule has 0 bridgehead atoms. The fourth-order valence-electron chi connectivity index (χ4n) is 2.52. The van der Waals surface area contributed by atoms with Gasteiger partial charge in [-0.1, -0.05) is 0 Å². The van der Waals surface area contributed by atoms with E-state index in [2.05, 4.69) is 30.3 Å². The maximum absolute atomic E-state index is 13.4. The van der Waals surface area contributed by atoms with Crippen molar-refractivity contribution in [1.82, 2.24) is 25.0 Å². The van der Waals surface area contributed by atoms with E-state index < -0.39 is 21.7 Å². The molecule has 1 amide bonds. The van der Waals surface area contributed by atoms with E-state index in [0.29, 0.717) is 15.8 Å². The smallest absolute Gasteiger partial charge is 0.271 e. The third-order valence-electron chi connectivity index (χ3n) is 3.87. The number of hydrogen-bond donors (Lipinski definition) is 3. The lowest BCUT2D eigenvalue weighted by molar-refractivity contribution is 0.0951. The minimum Gasteiger partial charge on any atom is -0.349 e. The summed E-state index contributed by atoms with van der Waals surface area (Å²) in [6, 6.07) is 2.78. The number of fused-ring (bicyclic) bond motifs is 1. The van der Waals surface area contributed by atoms with Crippen LogP contribution in [-0.2, 0) is 10.0 Å². The van der Waals surface area contributed by atoms with Crippen LogP contribution in [0.4, 0.5) is 10.3 Å². The molecule has 9 nitrogen and oxygen atoms in total. The van der Waals surface area contributed by atoms with E-state index in [1.165, 1.54) is 23.6 Å². The Labute approximate surface area is 170 Å². The molecule has 154 valence electrons. The van der Waals surface area contributed by atoms with Crippen LogP contribution in [0.25, 0.3) is 10.2 Å². The largest absolute Gasteiger partial charge is 0.349 e. The van der Waals surface area contributed by atoms with Crippen LogP contribution >= 0.6 is 11.3 Å². The molecule has 0 aliphatic rings. The van der Waals surface area contributed by atoms with E-state index in [9.17, 15) is 17.6 Å². The number of carbonyl (C=O) groups is 1. The van der Waals surface area contributed by atoms with Gasteiger partial charge in [0.05, 0.1) is 28.7 Å². The van der Waals surface area contributed by atoms with E-state index in [-0.39, 0.29) is 30.8 Å². The van der Waals surface area contributed by atoms with Crippen LogP contribution in [0.5, 0.6) is 0 Å². The summed E-state index contributed by atoms with van der Waals surface area (Å²) in [4.78, 5) is 25.1. The quantitative estimate of drug-likeness (QED) is 0.457. The van der Waals surface area contributed by atoms with Gasteiger partial charge in [0.1, 0.15) is 5.82 Å². The molecule has 0 aliphatic carbocycles. The second-order valence-corrected chi connectivity index (χ2v) is 9.00. The molecule has 0 saturated carbocycles. The van der Waals surface area contributed by atoms with E-state index in [4.69, 9.17) is 0 Å². The van der Waals surface area contributed by atoms with Crippen molar-refractivity contribution in [3.63, 3.8) is 0 Å². The highest BCUT2D eigenvalue weighted by atomic mass is 32.2. The van der Waals surface area contributed by atoms with Gasteiger partial charge in [0.2, 0.25) is 16.0 Å². The maximum atomic E-state index is 13.4. The first-order chi connectivity index (χ1) is 13.7. The van der Waals surface area contributed by atoms with Crippen LogP contribution < -0.4 is 15.4 Å². The molecule has 3 aromatic rings. The normalized spacial score (nSPS) is 12.7. The summed E-state index contributed by atoms with van der Waals surface area (Å²) in [6.07, 6.45) is 3.69. The Morgan fingerprint density at radius 3 is 2.79 bits per heavy atom. The first-order valence-corrected chi connectivity index (χ1v) is 11.3. The minimum atomic E-state index is -3.33. The van der Waals surface area contributed by atoms with Crippen LogP contribution in [0.15, 0.2) is 29.9 Å². The van der Waals surface area contributed by atoms with E-state index in [0.717, 1.165) is 12.5 Å². The summed E-state index contributed by atoms with van der Waals surface area (Å²) in [6.45, 7) is 1.98. The fraction of sp³-hybridized carbons (Fsp3) is 0.294. The number of sulfonamides is 1. The third kappa shape index (κ3) is 5.65. The number of hydrogen-bond acceptors (Lipinski definition) is 8. The molecular formula is C17H19FN6O3S2. The summed E-state index contributed by atoms with van der Waals surface area (Å²) in [5, 5.41) is 7.49. The van der Waals surface area contributed by atoms with Gasteiger partial charge in [-0.3, -0.25) is 9.78 Å². The second-order valence-electron chi connectivity index (χ2n) is 6.26. The van der Waals surface area contributed by atoms with E-state index in [1.807, 2.05) is 0 Å². The maximum Gasteiger partial charge on any atom is 0.271 e. The molecule has 1 unspecified atom stereocenters. The Hall–Kier alpha value is -2.70. The number of thiophene rings is 1. The zero-order valence-electron chi connectivity index (χ0n) is 15.6. The lowest BCUT2D eigenvalue weighted by Crippen LogP contribution is -2.34. The summed E-state index contributed by atoms with van der Waals surface area (Å²) >= 11 is 1.33. The Morgan fingerprint density at radius 2 is 2.07 bits per heavy atom. The number of pyridine rings is 1. The van der Waals surface area contributed by atoms with Crippen molar-refractivity contribution in [3.05, 3.63) is 47.0 Å². The lowest BCUT2D eigenvalue weighted by Gasteiger charge is -2.15. The number of aromatic nitrogens is 3. The van der Waals surface area contributed by atoms with Crippen molar-refractivity contribution >= 4 is 43.4 Å². The number of nitrogens with one attached hydrogen (secondary N) is 3. The second kappa shape index (κ2) is 8.76. The zero-order chi connectivity index (χ0) is 21.0. The molecular weight excluding hydrogens is 419 g/mol. The lowest BCUT2D eigenvalue weighted by atomic mass is 10.1. The number of anilines is 1. The summed E-state index contributed by atoms with van der Waals surface area (Å²) in [5.74, 6) is -0.682. The highest BCUT2D eigenvalue weighted by Crippen LogP contribution is 2.25. The van der Waals surface area contributed by atoms with Crippen LogP contribution in [-0.4, -0.2) is 48.6 Å². The number of carbonyl (C=O) groups excluding carboxylic acids is 1. The average Bonchev–Trinajstić information content (AvgIpc) is 3.12. The van der Waals surface area contributed by atoms with Crippen molar-refractivity contribution < 1.29 is 17.6 Å². The van der Waals surface area contributed by atoms with Gasteiger partial charge in [-0.2, -0.15) is 0 Å². The van der Waals surface area contributed by atoms with Gasteiger partial charge in [0, 0.05) is 19.3 Å². The fourth-order valence-corrected chi connectivity index (χ4v) is 3.81. The molecule has 1 atom stereocenters. The molecule has 12 heteroatoms. The highest BCUT2D eigenvalue weighted by Gasteiger charge is 2.17. The van der Waals surface area contributed by atoms with Crippen LogP contribution in [0.2, 0.25) is 0 Å². The number of rotatable bonds is 8. The number of nitrogens with zero attached hydrogens (tertiary/aromatic N) is 3. The highest BCUT2D eigenvalue weighted by molar-refractivity contribution is 7.88. The molecule has 0 aromatic carbocycles. The van der Waals surface area contributed by atoms with Gasteiger partial charge in [0.25, 0.3) is 5.91 Å². The molecule has 3 rings (SSSR count). The Morgan fingerprint density at radius 1 is 1.28 bits per heavy atom. The molecule has 3 heterocycles. The monoisotopic (exact) mass is 438 g/mol. The van der Waals surface area contributed by atoms with Crippen molar-refractivity contribution in [2.24, 2.45) is 0 Å². The SMILES string of the molecule is CC(Nc1nc(C(=O)NCCNS(C)(=O)=O)c2sccc2n1)c1cncc(F)c1. The van der Waals surface area contributed by atoms with E-state index in [1.54, 1.807) is 18.4 Å². The van der Waals surface area contributed by atoms with Gasteiger partial charge in [-0.15, -0.1) is 11.3 Å². The van der Waals surface area contributed by atoms with Gasteiger partial charge >= 0.3 is 0 Å². The third-order valence-corrected chi connectivity index (χ3v) is 5.50. The van der Waals surface area contributed by atoms with Crippen LogP contribution in [0.1, 0.15) is 29.0 Å². The van der Waals surface area contributed by atoms with Crippen LogP contribution in [0, 0.1) is 5.82 Å². The van der Waals surface area contributed by atoms with E-state index >= 15 is 0 Å². The van der Waals surface area contributed by atoms with Crippen molar-refractivity contribution in [3.8, 4) is 0 Å². The van der Waals surface area contributed by atoms with Gasteiger partial charge < -0.3 is 10.6 Å². The Bertz CT molecular complexity index is 1140. The molecule has 0 saturated heterocycles. The van der Waals surface area contributed by atoms with Gasteiger partial charge in [0.15, 0.2) is 5.69 Å².